The van der Waals surface area contributed by atoms with Crippen LogP contribution < -0.4 is 10.6 Å². The van der Waals surface area contributed by atoms with Gasteiger partial charge in [0, 0.05) is 0 Å². The van der Waals surface area contributed by atoms with E-state index < -0.39 is 0 Å². The van der Waals surface area contributed by atoms with Crippen LogP contribution in [0.1, 0.15) is 99.5 Å². The lowest BCUT2D eigenvalue weighted by Crippen LogP contribution is -2.35. The van der Waals surface area contributed by atoms with Gasteiger partial charge in [-0.25, -0.2) is 0 Å². The van der Waals surface area contributed by atoms with E-state index in [9.17, 15) is 0 Å². The summed E-state index contributed by atoms with van der Waals surface area (Å²) in [6.45, 7) is 13.7. The van der Waals surface area contributed by atoms with Crippen molar-refractivity contribution in [2.24, 2.45) is 11.8 Å². The van der Waals surface area contributed by atoms with Crippen LogP contribution in [0.2, 0.25) is 0 Å². The number of hydrogen-bond acceptors (Lipinski definition) is 2. The molecule has 1 aliphatic rings. The van der Waals surface area contributed by atoms with Gasteiger partial charge in [0.2, 0.25) is 0 Å². The average Bonchev–Trinajstić information content (AvgIpc) is 2.89. The van der Waals surface area contributed by atoms with Gasteiger partial charge in [0.25, 0.3) is 0 Å². The van der Waals surface area contributed by atoms with Gasteiger partial charge in [-0.15, -0.1) is 0 Å². The number of benzene rings is 2. The Bertz CT molecular complexity index is 841. The fraction of sp³-hybridized carbons (Fsp3) is 0.636. The third kappa shape index (κ3) is 9.07. The molecule has 0 spiro atoms. The van der Waals surface area contributed by atoms with Crippen molar-refractivity contribution in [2.45, 2.75) is 97.8 Å². The van der Waals surface area contributed by atoms with Crippen LogP contribution in [0.4, 0.5) is 0 Å². The quantitative estimate of drug-likeness (QED) is 0.258. The summed E-state index contributed by atoms with van der Waals surface area (Å²) in [5.74, 6) is 2.25. The Balaban J connectivity index is 1.57. The molecule has 1 fully saturated rings. The van der Waals surface area contributed by atoms with Crippen LogP contribution >= 0.6 is 0 Å². The molecule has 3 atom stereocenters. The third-order valence-corrected chi connectivity index (χ3v) is 8.31. The fourth-order valence-corrected chi connectivity index (χ4v) is 5.91. The Kier molecular flexibility index (Phi) is 12.3. The molecule has 0 aliphatic carbocycles. The van der Waals surface area contributed by atoms with Crippen LogP contribution in [-0.4, -0.2) is 26.2 Å². The van der Waals surface area contributed by atoms with Gasteiger partial charge in [-0.1, -0.05) is 88.9 Å². The first-order valence-corrected chi connectivity index (χ1v) is 14.7. The molecule has 1 aliphatic heterocycles. The lowest BCUT2D eigenvalue weighted by molar-refractivity contribution is 0.309. The van der Waals surface area contributed by atoms with E-state index in [1.807, 2.05) is 0 Å². The van der Waals surface area contributed by atoms with Gasteiger partial charge in [0.05, 0.1) is 0 Å². The van der Waals surface area contributed by atoms with E-state index in [1.165, 1.54) is 80.0 Å². The standard InChI is InChI=1S/C33H52N2/c1-5-8-20-34-21-18-31-24-29(11-10-26(31)4)14-17-32-25-35-22-19-33(32)30-15-12-28(13-16-30)23-27(7-3)9-6-2/h10-13,15-16,24,27,32-35H,5-9,14,17-23,25H2,1-4H3. The van der Waals surface area contributed by atoms with Crippen LogP contribution in [0.3, 0.4) is 0 Å². The molecule has 2 N–H and O–H groups in total. The van der Waals surface area contributed by atoms with Crippen LogP contribution in [0.25, 0.3) is 0 Å². The van der Waals surface area contributed by atoms with Crippen molar-refractivity contribution in [1.29, 1.82) is 0 Å². The molecule has 0 aromatic heterocycles. The van der Waals surface area contributed by atoms with Gasteiger partial charge in [-0.3, -0.25) is 0 Å². The normalized spacial score (nSPS) is 19.1. The number of nitrogens with one attached hydrogen (secondary N) is 2. The monoisotopic (exact) mass is 476 g/mol. The van der Waals surface area contributed by atoms with Crippen molar-refractivity contribution >= 4 is 0 Å². The smallest absolute Gasteiger partial charge is 0.000825 e. The number of aryl methyl sites for hydroxylation is 2. The highest BCUT2D eigenvalue weighted by Gasteiger charge is 2.26. The van der Waals surface area contributed by atoms with Gasteiger partial charge in [0.1, 0.15) is 0 Å². The molecule has 2 aromatic carbocycles. The molecule has 0 bridgehead atoms. The van der Waals surface area contributed by atoms with Crippen molar-refractivity contribution in [3.05, 3.63) is 70.3 Å². The van der Waals surface area contributed by atoms with Gasteiger partial charge in [-0.05, 0) is 117 Å². The molecular formula is C33H52N2. The van der Waals surface area contributed by atoms with Crippen LogP contribution in [-0.2, 0) is 19.3 Å². The van der Waals surface area contributed by atoms with Crippen LogP contribution in [0.5, 0.6) is 0 Å². The predicted octanol–water partition coefficient (Wildman–Crippen LogP) is 7.62. The summed E-state index contributed by atoms with van der Waals surface area (Å²) in [5, 5.41) is 7.29. The average molecular weight is 477 g/mol. The Hall–Kier alpha value is -1.64. The topological polar surface area (TPSA) is 24.1 Å². The molecule has 3 rings (SSSR count). The van der Waals surface area contributed by atoms with E-state index in [-0.39, 0.29) is 0 Å². The van der Waals surface area contributed by atoms with Crippen molar-refractivity contribution in [1.82, 2.24) is 10.6 Å². The molecule has 0 amide bonds. The highest BCUT2D eigenvalue weighted by molar-refractivity contribution is 5.32. The second-order valence-electron chi connectivity index (χ2n) is 11.0. The van der Waals surface area contributed by atoms with E-state index in [0.717, 1.165) is 44.4 Å². The zero-order valence-corrected chi connectivity index (χ0v) is 23.2. The Morgan fingerprint density at radius 2 is 1.74 bits per heavy atom. The van der Waals surface area contributed by atoms with Gasteiger partial charge < -0.3 is 10.6 Å². The first kappa shape index (κ1) is 27.9. The maximum Gasteiger partial charge on any atom is -0.000825 e. The number of unbranched alkanes of at least 4 members (excludes halogenated alkanes) is 1. The summed E-state index contributed by atoms with van der Waals surface area (Å²) in [7, 11) is 0. The first-order chi connectivity index (χ1) is 17.1. The molecular weight excluding hydrogens is 424 g/mol. The second kappa shape index (κ2) is 15.5. The van der Waals surface area contributed by atoms with Crippen molar-refractivity contribution in [2.75, 3.05) is 26.2 Å². The van der Waals surface area contributed by atoms with Gasteiger partial charge in [0.15, 0.2) is 0 Å². The van der Waals surface area contributed by atoms with E-state index in [0.29, 0.717) is 5.92 Å². The fourth-order valence-electron chi connectivity index (χ4n) is 5.91. The molecule has 1 heterocycles. The number of hydrogen-bond donors (Lipinski definition) is 2. The molecule has 1 saturated heterocycles. The van der Waals surface area contributed by atoms with E-state index in [4.69, 9.17) is 0 Å². The minimum Gasteiger partial charge on any atom is -0.316 e. The first-order valence-electron chi connectivity index (χ1n) is 14.7. The molecule has 2 aromatic rings. The summed E-state index contributed by atoms with van der Waals surface area (Å²) in [6, 6.07) is 16.9. The lowest BCUT2D eigenvalue weighted by atomic mass is 9.78. The van der Waals surface area contributed by atoms with E-state index in [1.54, 1.807) is 5.56 Å². The zero-order chi connectivity index (χ0) is 24.9. The Morgan fingerprint density at radius 3 is 2.49 bits per heavy atom. The number of piperidine rings is 1. The largest absolute Gasteiger partial charge is 0.316 e. The van der Waals surface area contributed by atoms with Gasteiger partial charge in [-0.2, -0.15) is 0 Å². The van der Waals surface area contributed by atoms with Crippen molar-refractivity contribution < 1.29 is 0 Å². The summed E-state index contributed by atoms with van der Waals surface area (Å²) in [5.41, 5.74) is 7.56. The minimum atomic E-state index is 0.690. The molecule has 194 valence electrons. The summed E-state index contributed by atoms with van der Waals surface area (Å²) in [6.07, 6.45) is 12.6. The second-order valence-corrected chi connectivity index (χ2v) is 11.0. The maximum atomic E-state index is 3.69. The van der Waals surface area contributed by atoms with Crippen LogP contribution in [0.15, 0.2) is 42.5 Å². The molecule has 3 unspecified atom stereocenters. The zero-order valence-electron chi connectivity index (χ0n) is 23.2. The minimum absolute atomic E-state index is 0.690. The predicted molar refractivity (Wildman–Crippen MR) is 154 cm³/mol. The van der Waals surface area contributed by atoms with Crippen LogP contribution in [0, 0.1) is 18.8 Å². The van der Waals surface area contributed by atoms with E-state index >= 15 is 0 Å². The highest BCUT2D eigenvalue weighted by atomic mass is 14.9. The SMILES string of the molecule is CCCCNCCc1cc(CCC2CNCCC2c2ccc(CC(CC)CCC)cc2)ccc1C. The Morgan fingerprint density at radius 1 is 0.943 bits per heavy atom. The molecule has 35 heavy (non-hydrogen) atoms. The van der Waals surface area contributed by atoms with Crippen molar-refractivity contribution in [3.63, 3.8) is 0 Å². The summed E-state index contributed by atoms with van der Waals surface area (Å²) in [4.78, 5) is 0. The lowest BCUT2D eigenvalue weighted by Gasteiger charge is -2.33. The summed E-state index contributed by atoms with van der Waals surface area (Å²) >= 11 is 0. The van der Waals surface area contributed by atoms with Gasteiger partial charge >= 0.3 is 0 Å². The molecule has 2 nitrogen and oxygen atoms in total. The molecule has 0 saturated carbocycles. The number of rotatable bonds is 15. The Labute approximate surface area is 216 Å². The maximum absolute atomic E-state index is 3.69. The third-order valence-electron chi connectivity index (χ3n) is 8.31. The van der Waals surface area contributed by atoms with Crippen molar-refractivity contribution in [3.8, 4) is 0 Å². The molecule has 0 radical (unpaired) electrons. The highest BCUT2D eigenvalue weighted by Crippen LogP contribution is 2.34. The molecule has 2 heteroatoms. The summed E-state index contributed by atoms with van der Waals surface area (Å²) < 4.78 is 0. The van der Waals surface area contributed by atoms with E-state index in [2.05, 4.69) is 80.8 Å².